The van der Waals surface area contributed by atoms with Gasteiger partial charge in [-0.15, -0.1) is 0 Å². The van der Waals surface area contributed by atoms with Crippen LogP contribution in [0.4, 0.5) is 5.69 Å². The van der Waals surface area contributed by atoms with Crippen LogP contribution in [0.2, 0.25) is 0 Å². The van der Waals surface area contributed by atoms with Crippen LogP contribution in [0.3, 0.4) is 0 Å². The van der Waals surface area contributed by atoms with Gasteiger partial charge in [-0.2, -0.15) is 0 Å². The maximum atomic E-state index is 12.8. The molecule has 1 amide bonds. The molecule has 0 radical (unpaired) electrons. The molecule has 6 nitrogen and oxygen atoms in total. The van der Waals surface area contributed by atoms with Crippen molar-refractivity contribution < 1.29 is 40.5 Å². The number of carbonyl (C=O) groups excluding carboxylic acids is 2. The fourth-order valence-corrected chi connectivity index (χ4v) is 4.06. The second kappa shape index (κ2) is 16.3. The molecule has 0 aliphatic heterocycles. The normalized spacial score (nSPS) is 10.9. The number of nitrogens with one attached hydrogen (secondary N) is 1. The molecule has 7 heteroatoms. The van der Waals surface area contributed by atoms with Gasteiger partial charge in [0.2, 0.25) is 0 Å². The first-order valence-electron chi connectivity index (χ1n) is 12.6. The Morgan fingerprint density at radius 3 is 2.14 bits per heavy atom. The zero-order valence-electron chi connectivity index (χ0n) is 21.6. The number of benzene rings is 2. The Morgan fingerprint density at radius 2 is 1.51 bits per heavy atom. The summed E-state index contributed by atoms with van der Waals surface area (Å²) in [4.78, 5) is 25.3. The number of carbonyl (C=O) groups is 2. The van der Waals surface area contributed by atoms with Gasteiger partial charge >= 0.3 is 5.97 Å². The molecule has 2 rings (SSSR count). The van der Waals surface area contributed by atoms with Crippen LogP contribution < -0.4 is 27.0 Å². The second-order valence-corrected chi connectivity index (χ2v) is 8.64. The van der Waals surface area contributed by atoms with E-state index in [9.17, 15) is 9.59 Å². The van der Waals surface area contributed by atoms with Crippen LogP contribution in [0, 0.1) is 0 Å². The van der Waals surface area contributed by atoms with Crippen LogP contribution in [0.1, 0.15) is 74.1 Å². The predicted molar refractivity (Wildman–Crippen MR) is 138 cm³/mol. The number of ether oxygens (including phenoxy) is 2. The third-order valence-electron chi connectivity index (χ3n) is 6.35. The van der Waals surface area contributed by atoms with E-state index in [4.69, 9.17) is 9.47 Å². The number of quaternary nitrogens is 1. The molecule has 0 heterocycles. The Hall–Kier alpha value is -2.38. The lowest BCUT2D eigenvalue weighted by atomic mass is 10.1. The van der Waals surface area contributed by atoms with Crippen LogP contribution >= 0.6 is 0 Å². The van der Waals surface area contributed by atoms with Gasteiger partial charge in [-0.3, -0.25) is 4.79 Å². The molecule has 0 fully saturated rings. The lowest BCUT2D eigenvalue weighted by Crippen LogP contribution is -3.00. The summed E-state index contributed by atoms with van der Waals surface area (Å²) >= 11 is 0. The van der Waals surface area contributed by atoms with Crippen LogP contribution in [0.25, 0.3) is 0 Å². The van der Waals surface area contributed by atoms with Gasteiger partial charge in [0.1, 0.15) is 18.9 Å². The Bertz CT molecular complexity index is 898. The Labute approximate surface area is 221 Å². The molecule has 0 aliphatic rings. The van der Waals surface area contributed by atoms with Crippen molar-refractivity contribution in [3.05, 3.63) is 59.7 Å². The lowest BCUT2D eigenvalue weighted by Gasteiger charge is -2.36. The molecule has 2 aromatic rings. The number of esters is 1. The van der Waals surface area contributed by atoms with Crippen molar-refractivity contribution in [1.29, 1.82) is 0 Å². The van der Waals surface area contributed by atoms with E-state index in [1.165, 1.54) is 0 Å². The number of nitrogens with zero attached hydrogens (tertiary/aromatic N) is 1. The van der Waals surface area contributed by atoms with Crippen LogP contribution in [0.15, 0.2) is 48.5 Å². The van der Waals surface area contributed by atoms with Crippen molar-refractivity contribution in [3.63, 3.8) is 0 Å². The van der Waals surface area contributed by atoms with Crippen molar-refractivity contribution >= 4 is 17.6 Å². The number of amides is 1. The first-order valence-corrected chi connectivity index (χ1v) is 12.6. The van der Waals surface area contributed by atoms with E-state index in [1.54, 1.807) is 30.3 Å². The van der Waals surface area contributed by atoms with Gasteiger partial charge in [-0.25, -0.2) is 4.79 Å². The largest absolute Gasteiger partial charge is 1.00 e. The molecule has 0 saturated heterocycles. The third kappa shape index (κ3) is 9.65. The molecular weight excluding hydrogens is 508 g/mol. The molecule has 35 heavy (non-hydrogen) atoms. The van der Waals surface area contributed by atoms with E-state index in [2.05, 4.69) is 33.0 Å². The van der Waals surface area contributed by atoms with Gasteiger partial charge in [0.15, 0.2) is 0 Å². The van der Waals surface area contributed by atoms with Crippen molar-refractivity contribution in [1.82, 2.24) is 0 Å². The standard InChI is InChI=1S/C28H40N2O4.BrH/c1-5-9-12-21-33-26-14-11-10-13-25(26)27(31)29-24-17-15-23(16-18-24)28(32)34-22-20-30(7-3,8-4)19-6-2;/h10-11,13-18H,5-9,12,19-22H2,1-4H3;1H. The van der Waals surface area contributed by atoms with Gasteiger partial charge in [-0.1, -0.05) is 38.8 Å². The third-order valence-corrected chi connectivity index (χ3v) is 6.35. The monoisotopic (exact) mass is 548 g/mol. The predicted octanol–water partition coefficient (Wildman–Crippen LogP) is 2.94. The minimum atomic E-state index is -0.342. The first-order chi connectivity index (χ1) is 16.5. The highest BCUT2D eigenvalue weighted by Gasteiger charge is 2.22. The Morgan fingerprint density at radius 1 is 0.829 bits per heavy atom. The number of hydrogen-bond acceptors (Lipinski definition) is 4. The summed E-state index contributed by atoms with van der Waals surface area (Å²) in [6.07, 6.45) is 4.28. The van der Waals surface area contributed by atoms with E-state index in [0.29, 0.717) is 35.8 Å². The number of halogens is 1. The quantitative estimate of drug-likeness (QED) is 0.211. The van der Waals surface area contributed by atoms with E-state index >= 15 is 0 Å². The average Bonchev–Trinajstić information content (AvgIpc) is 2.86. The van der Waals surface area contributed by atoms with E-state index < -0.39 is 0 Å². The van der Waals surface area contributed by atoms with E-state index in [0.717, 1.165) is 56.3 Å². The summed E-state index contributed by atoms with van der Waals surface area (Å²) in [5, 5.41) is 2.89. The molecule has 0 aromatic heterocycles. The topological polar surface area (TPSA) is 64.6 Å². The number of unbranched alkanes of at least 4 members (excludes halogenated alkanes) is 2. The van der Waals surface area contributed by atoms with E-state index in [-0.39, 0.29) is 28.9 Å². The average molecular weight is 550 g/mol. The number of rotatable bonds is 15. The number of likely N-dealkylation sites (N-methyl/N-ethyl adjacent to an activating group) is 1. The highest BCUT2D eigenvalue weighted by Crippen LogP contribution is 2.21. The minimum Gasteiger partial charge on any atom is -1.00 e. The van der Waals surface area contributed by atoms with Gasteiger partial charge < -0.3 is 36.3 Å². The van der Waals surface area contributed by atoms with E-state index in [1.807, 2.05) is 18.2 Å². The summed E-state index contributed by atoms with van der Waals surface area (Å²) in [6, 6.07) is 14.0. The molecule has 0 bridgehead atoms. The fraction of sp³-hybridized carbons (Fsp3) is 0.500. The zero-order chi connectivity index (χ0) is 24.8. The second-order valence-electron chi connectivity index (χ2n) is 8.64. The van der Waals surface area contributed by atoms with Gasteiger partial charge in [-0.05, 0) is 63.1 Å². The fourth-order valence-electron chi connectivity index (χ4n) is 4.06. The SMILES string of the molecule is CCCCCOc1ccccc1C(=O)Nc1ccc(C(=O)OCC[N+](CC)(CC)CCC)cc1.[Br-]. The van der Waals surface area contributed by atoms with Crippen molar-refractivity contribution in [2.45, 2.75) is 53.4 Å². The molecule has 0 unspecified atom stereocenters. The summed E-state index contributed by atoms with van der Waals surface area (Å²) < 4.78 is 12.3. The van der Waals surface area contributed by atoms with Crippen LogP contribution in [-0.4, -0.2) is 55.8 Å². The zero-order valence-corrected chi connectivity index (χ0v) is 23.2. The Kier molecular flexibility index (Phi) is 14.3. The summed E-state index contributed by atoms with van der Waals surface area (Å²) in [7, 11) is 0. The molecule has 0 saturated carbocycles. The molecule has 194 valence electrons. The molecular formula is C28H41BrN2O4. The van der Waals surface area contributed by atoms with Crippen molar-refractivity contribution in [2.75, 3.05) is 44.7 Å². The smallest absolute Gasteiger partial charge is 0.338 e. The summed E-state index contributed by atoms with van der Waals surface area (Å²) in [5.74, 6) is -0.0101. The highest BCUT2D eigenvalue weighted by molar-refractivity contribution is 6.06. The highest BCUT2D eigenvalue weighted by atomic mass is 79.9. The molecule has 0 spiro atoms. The summed E-state index contributed by atoms with van der Waals surface area (Å²) in [5.41, 5.74) is 1.57. The number of hydrogen-bond donors (Lipinski definition) is 1. The first kappa shape index (κ1) is 30.7. The van der Waals surface area contributed by atoms with Gasteiger partial charge in [0.25, 0.3) is 5.91 Å². The number of para-hydroxylation sites is 1. The lowest BCUT2D eigenvalue weighted by molar-refractivity contribution is -0.925. The molecule has 2 aromatic carbocycles. The Balaban J connectivity index is 0.00000612. The van der Waals surface area contributed by atoms with Crippen molar-refractivity contribution in [2.24, 2.45) is 0 Å². The summed E-state index contributed by atoms with van der Waals surface area (Å²) in [6.45, 7) is 13.7. The van der Waals surface area contributed by atoms with Crippen LogP contribution in [-0.2, 0) is 4.74 Å². The maximum Gasteiger partial charge on any atom is 0.338 e. The maximum absolute atomic E-state index is 12.8. The number of anilines is 1. The van der Waals surface area contributed by atoms with Gasteiger partial charge in [0.05, 0.1) is 37.4 Å². The molecule has 1 N–H and O–H groups in total. The molecule has 0 aliphatic carbocycles. The molecule has 0 atom stereocenters. The van der Waals surface area contributed by atoms with Crippen LogP contribution in [0.5, 0.6) is 5.75 Å². The van der Waals surface area contributed by atoms with Crippen molar-refractivity contribution in [3.8, 4) is 5.75 Å². The van der Waals surface area contributed by atoms with Gasteiger partial charge in [0, 0.05) is 5.69 Å². The minimum absolute atomic E-state index is 0.